The maximum absolute atomic E-state index is 11.7. The van der Waals surface area contributed by atoms with Crippen LogP contribution in [0.25, 0.3) is 0 Å². The first-order valence-corrected chi connectivity index (χ1v) is 6.55. The third-order valence-corrected chi connectivity index (χ3v) is 4.47. The quantitative estimate of drug-likeness (QED) is 0.895. The molecule has 5 heteroatoms. The van der Waals surface area contributed by atoms with Crippen molar-refractivity contribution in [2.75, 3.05) is 0 Å². The predicted octanol–water partition coefficient (Wildman–Crippen LogP) is 2.27. The Kier molecular flexibility index (Phi) is 3.43. The van der Waals surface area contributed by atoms with Crippen LogP contribution in [0.15, 0.2) is 28.7 Å². The van der Waals surface area contributed by atoms with E-state index in [-0.39, 0.29) is 0 Å². The molecule has 0 spiro atoms. The number of carboxylic acids is 1. The molecule has 0 aromatic heterocycles. The van der Waals surface area contributed by atoms with Crippen LogP contribution >= 0.6 is 15.9 Å². The molecule has 0 radical (unpaired) electrons. The van der Waals surface area contributed by atoms with Crippen molar-refractivity contribution in [2.45, 2.75) is 25.2 Å². The van der Waals surface area contributed by atoms with Crippen molar-refractivity contribution in [1.82, 2.24) is 0 Å². The lowest BCUT2D eigenvalue weighted by atomic mass is 9.59. The van der Waals surface area contributed by atoms with E-state index in [1.807, 2.05) is 6.07 Å². The largest absolute Gasteiger partial charge is 0.481 e. The third kappa shape index (κ3) is 1.92. The Labute approximate surface area is 113 Å². The first-order chi connectivity index (χ1) is 8.49. The van der Waals surface area contributed by atoms with Gasteiger partial charge >= 0.3 is 5.97 Å². The van der Waals surface area contributed by atoms with Crippen LogP contribution in [0.1, 0.15) is 30.7 Å². The van der Waals surface area contributed by atoms with Crippen LogP contribution in [0.4, 0.5) is 0 Å². The SMILES string of the molecule is NC(=O)C1(C(C(=O)O)c2ccccc2Br)CCC1. The molecule has 2 rings (SSSR count). The summed E-state index contributed by atoms with van der Waals surface area (Å²) < 4.78 is 0.699. The van der Waals surface area contributed by atoms with Gasteiger partial charge in [0, 0.05) is 4.47 Å². The van der Waals surface area contributed by atoms with Crippen LogP contribution in [0.2, 0.25) is 0 Å². The minimum absolute atomic E-state index is 0.517. The van der Waals surface area contributed by atoms with Gasteiger partial charge in [-0.1, -0.05) is 40.5 Å². The Morgan fingerprint density at radius 2 is 1.94 bits per heavy atom. The molecule has 1 aliphatic carbocycles. The summed E-state index contributed by atoms with van der Waals surface area (Å²) in [4.78, 5) is 23.2. The highest BCUT2D eigenvalue weighted by Crippen LogP contribution is 2.52. The number of nitrogens with two attached hydrogens (primary N) is 1. The Balaban J connectivity index is 2.50. The number of halogens is 1. The second-order valence-electron chi connectivity index (χ2n) is 4.67. The summed E-state index contributed by atoms with van der Waals surface area (Å²) in [5.41, 5.74) is 5.12. The number of rotatable bonds is 4. The van der Waals surface area contributed by atoms with Gasteiger partial charge in [0.1, 0.15) is 0 Å². The summed E-state index contributed by atoms with van der Waals surface area (Å²) >= 11 is 3.34. The van der Waals surface area contributed by atoms with E-state index in [9.17, 15) is 14.7 Å². The Bertz CT molecular complexity index is 497. The normalized spacial score (nSPS) is 18.7. The highest BCUT2D eigenvalue weighted by molar-refractivity contribution is 9.10. The van der Waals surface area contributed by atoms with E-state index in [0.717, 1.165) is 6.42 Å². The van der Waals surface area contributed by atoms with Crippen LogP contribution in [-0.4, -0.2) is 17.0 Å². The average molecular weight is 312 g/mol. The van der Waals surface area contributed by atoms with Crippen molar-refractivity contribution in [3.8, 4) is 0 Å². The Morgan fingerprint density at radius 3 is 2.33 bits per heavy atom. The zero-order valence-electron chi connectivity index (χ0n) is 9.73. The lowest BCUT2D eigenvalue weighted by Crippen LogP contribution is -2.49. The van der Waals surface area contributed by atoms with Gasteiger partial charge in [0.15, 0.2) is 0 Å². The molecule has 1 aliphatic rings. The number of carbonyl (C=O) groups is 2. The van der Waals surface area contributed by atoms with Gasteiger partial charge in [0.05, 0.1) is 11.3 Å². The Hall–Kier alpha value is -1.36. The number of amides is 1. The van der Waals surface area contributed by atoms with Crippen LogP contribution in [-0.2, 0) is 9.59 Å². The van der Waals surface area contributed by atoms with Gasteiger partial charge < -0.3 is 10.8 Å². The van der Waals surface area contributed by atoms with Gasteiger partial charge in [-0.15, -0.1) is 0 Å². The fourth-order valence-corrected chi connectivity index (χ4v) is 3.12. The highest BCUT2D eigenvalue weighted by Gasteiger charge is 2.53. The predicted molar refractivity (Wildman–Crippen MR) is 70.0 cm³/mol. The number of primary amides is 1. The first-order valence-electron chi connectivity index (χ1n) is 5.76. The highest BCUT2D eigenvalue weighted by atomic mass is 79.9. The van der Waals surface area contributed by atoms with E-state index in [1.165, 1.54) is 0 Å². The van der Waals surface area contributed by atoms with E-state index in [1.54, 1.807) is 18.2 Å². The molecule has 0 aliphatic heterocycles. The third-order valence-electron chi connectivity index (χ3n) is 3.75. The number of carbonyl (C=O) groups excluding carboxylic acids is 1. The number of carboxylic acid groups (broad SMARTS) is 1. The molecular weight excluding hydrogens is 298 g/mol. The molecule has 1 unspecified atom stereocenters. The molecule has 1 fully saturated rings. The minimum Gasteiger partial charge on any atom is -0.481 e. The van der Waals surface area contributed by atoms with E-state index >= 15 is 0 Å². The Morgan fingerprint density at radius 1 is 1.33 bits per heavy atom. The van der Waals surface area contributed by atoms with Crippen LogP contribution in [0.3, 0.4) is 0 Å². The van der Waals surface area contributed by atoms with Gasteiger partial charge in [0.25, 0.3) is 0 Å². The summed E-state index contributed by atoms with van der Waals surface area (Å²) in [5, 5.41) is 9.47. The molecule has 0 saturated heterocycles. The monoisotopic (exact) mass is 311 g/mol. The molecule has 3 N–H and O–H groups in total. The fraction of sp³-hybridized carbons (Fsp3) is 0.385. The molecule has 1 aromatic carbocycles. The fourth-order valence-electron chi connectivity index (χ4n) is 2.61. The summed E-state index contributed by atoms with van der Waals surface area (Å²) in [7, 11) is 0. The molecule has 0 bridgehead atoms. The van der Waals surface area contributed by atoms with Gasteiger partial charge in [-0.2, -0.15) is 0 Å². The lowest BCUT2D eigenvalue weighted by Gasteiger charge is -2.43. The van der Waals surface area contributed by atoms with Crippen molar-refractivity contribution in [3.63, 3.8) is 0 Å². The molecule has 1 saturated carbocycles. The van der Waals surface area contributed by atoms with Crippen molar-refractivity contribution < 1.29 is 14.7 Å². The van der Waals surface area contributed by atoms with Gasteiger partial charge in [0.2, 0.25) is 5.91 Å². The van der Waals surface area contributed by atoms with Crippen LogP contribution in [0.5, 0.6) is 0 Å². The zero-order valence-corrected chi connectivity index (χ0v) is 11.3. The van der Waals surface area contributed by atoms with Gasteiger partial charge in [-0.05, 0) is 24.5 Å². The molecule has 4 nitrogen and oxygen atoms in total. The van der Waals surface area contributed by atoms with Crippen molar-refractivity contribution in [1.29, 1.82) is 0 Å². The van der Waals surface area contributed by atoms with Crippen LogP contribution < -0.4 is 5.73 Å². The lowest BCUT2D eigenvalue weighted by molar-refractivity contribution is -0.151. The summed E-state index contributed by atoms with van der Waals surface area (Å²) in [6.45, 7) is 0. The molecule has 96 valence electrons. The van der Waals surface area contributed by atoms with Gasteiger partial charge in [-0.3, -0.25) is 9.59 Å². The molecule has 1 aromatic rings. The first kappa shape index (κ1) is 13.1. The smallest absolute Gasteiger partial charge is 0.312 e. The zero-order chi connectivity index (χ0) is 13.3. The maximum Gasteiger partial charge on any atom is 0.312 e. The standard InChI is InChI=1S/C13H14BrNO3/c14-9-5-2-1-4-8(9)10(11(16)17)13(12(15)18)6-3-7-13/h1-2,4-5,10H,3,6-7H2,(H2,15,18)(H,16,17). The van der Waals surface area contributed by atoms with Gasteiger partial charge in [-0.25, -0.2) is 0 Å². The molecule has 1 atom stereocenters. The minimum atomic E-state index is -1.000. The second-order valence-corrected chi connectivity index (χ2v) is 5.52. The second kappa shape index (κ2) is 4.72. The number of aliphatic carboxylic acids is 1. The van der Waals surface area contributed by atoms with E-state index in [4.69, 9.17) is 5.73 Å². The van der Waals surface area contributed by atoms with Crippen LogP contribution in [0, 0.1) is 5.41 Å². The summed E-state index contributed by atoms with van der Waals surface area (Å²) in [5.74, 6) is -2.39. The van der Waals surface area contributed by atoms with Crippen molar-refractivity contribution >= 4 is 27.8 Å². The number of hydrogen-bond acceptors (Lipinski definition) is 2. The van der Waals surface area contributed by atoms with E-state index < -0.39 is 23.2 Å². The van der Waals surface area contributed by atoms with E-state index in [0.29, 0.717) is 22.9 Å². The van der Waals surface area contributed by atoms with Crippen molar-refractivity contribution in [3.05, 3.63) is 34.3 Å². The van der Waals surface area contributed by atoms with E-state index in [2.05, 4.69) is 15.9 Å². The molecule has 0 heterocycles. The maximum atomic E-state index is 11.7. The average Bonchev–Trinajstić information content (AvgIpc) is 2.23. The molecule has 1 amide bonds. The summed E-state index contributed by atoms with van der Waals surface area (Å²) in [6.07, 6.45) is 1.93. The molecule has 18 heavy (non-hydrogen) atoms. The van der Waals surface area contributed by atoms with Crippen molar-refractivity contribution in [2.24, 2.45) is 11.1 Å². The summed E-state index contributed by atoms with van der Waals surface area (Å²) in [6, 6.07) is 7.08. The topological polar surface area (TPSA) is 80.4 Å². The number of hydrogen-bond donors (Lipinski definition) is 2. The molecular formula is C13H14BrNO3. The number of benzene rings is 1.